The molecule has 0 bridgehead atoms. The summed E-state index contributed by atoms with van der Waals surface area (Å²) in [4.78, 5) is 33.5. The lowest BCUT2D eigenvalue weighted by atomic mass is 9.99. The molecule has 1 aromatic carbocycles. The Balaban J connectivity index is 2.73. The van der Waals surface area contributed by atoms with Crippen molar-refractivity contribution in [3.8, 4) is 0 Å². The standard InChI is InChI=1S/C15H19NO5/c1-10-2-4-11(5-3-10)15(21)12(6-7-13(17)18)16-9-8-14(19)20/h2-5,12,16H,6-9H2,1H3,(H,17,18)(H,19,20). The molecule has 0 aliphatic carbocycles. The van der Waals surface area contributed by atoms with E-state index in [9.17, 15) is 14.4 Å². The fraction of sp³-hybridized carbons (Fsp3) is 0.400. The first-order chi connectivity index (χ1) is 9.90. The van der Waals surface area contributed by atoms with Gasteiger partial charge in [0.2, 0.25) is 0 Å². The minimum absolute atomic E-state index is 0.120. The molecule has 0 spiro atoms. The molecule has 21 heavy (non-hydrogen) atoms. The highest BCUT2D eigenvalue weighted by molar-refractivity contribution is 6.00. The van der Waals surface area contributed by atoms with E-state index in [1.165, 1.54) is 0 Å². The SMILES string of the molecule is Cc1ccc(C(=O)C(CCC(=O)O)NCCC(=O)O)cc1. The molecular weight excluding hydrogens is 274 g/mol. The van der Waals surface area contributed by atoms with Crippen LogP contribution in [0.15, 0.2) is 24.3 Å². The molecule has 0 saturated heterocycles. The maximum absolute atomic E-state index is 12.3. The Hall–Kier alpha value is -2.21. The van der Waals surface area contributed by atoms with Gasteiger partial charge >= 0.3 is 11.9 Å². The van der Waals surface area contributed by atoms with Gasteiger partial charge in [-0.15, -0.1) is 0 Å². The van der Waals surface area contributed by atoms with Gasteiger partial charge in [-0.05, 0) is 13.3 Å². The van der Waals surface area contributed by atoms with Crippen molar-refractivity contribution in [2.75, 3.05) is 6.54 Å². The number of benzene rings is 1. The largest absolute Gasteiger partial charge is 0.481 e. The van der Waals surface area contributed by atoms with Crippen molar-refractivity contribution in [1.29, 1.82) is 0 Å². The van der Waals surface area contributed by atoms with Gasteiger partial charge in [-0.2, -0.15) is 0 Å². The van der Waals surface area contributed by atoms with Gasteiger partial charge in [0, 0.05) is 18.5 Å². The summed E-state index contributed by atoms with van der Waals surface area (Å²) in [5, 5.41) is 20.2. The molecule has 0 saturated carbocycles. The predicted octanol–water partition coefficient (Wildman–Crippen LogP) is 1.48. The maximum atomic E-state index is 12.3. The molecule has 6 nitrogen and oxygen atoms in total. The molecule has 1 rings (SSSR count). The second kappa shape index (κ2) is 8.16. The average molecular weight is 293 g/mol. The molecule has 0 aliphatic rings. The van der Waals surface area contributed by atoms with Gasteiger partial charge in [-0.1, -0.05) is 29.8 Å². The summed E-state index contributed by atoms with van der Waals surface area (Å²) in [6.45, 7) is 2.03. The number of carboxylic acid groups (broad SMARTS) is 2. The highest BCUT2D eigenvalue weighted by atomic mass is 16.4. The lowest BCUT2D eigenvalue weighted by Gasteiger charge is -2.16. The molecular formula is C15H19NO5. The monoisotopic (exact) mass is 293 g/mol. The Labute approximate surface area is 122 Å². The van der Waals surface area contributed by atoms with Gasteiger partial charge in [0.15, 0.2) is 5.78 Å². The van der Waals surface area contributed by atoms with Crippen LogP contribution in [0, 0.1) is 6.92 Å². The Morgan fingerprint density at radius 1 is 1.05 bits per heavy atom. The Bertz CT molecular complexity index is 509. The second-order valence-electron chi connectivity index (χ2n) is 4.81. The van der Waals surface area contributed by atoms with Crippen molar-refractivity contribution in [1.82, 2.24) is 5.32 Å². The third-order valence-electron chi connectivity index (χ3n) is 3.03. The first-order valence-electron chi connectivity index (χ1n) is 6.68. The number of Topliss-reactive ketones (excluding diaryl/α,β-unsaturated/α-hetero) is 1. The van der Waals surface area contributed by atoms with Crippen molar-refractivity contribution >= 4 is 17.7 Å². The zero-order valence-electron chi connectivity index (χ0n) is 11.8. The number of rotatable bonds is 9. The van der Waals surface area contributed by atoms with Gasteiger partial charge < -0.3 is 15.5 Å². The van der Waals surface area contributed by atoms with Crippen LogP contribution in [0.25, 0.3) is 0 Å². The fourth-order valence-electron chi connectivity index (χ4n) is 1.87. The van der Waals surface area contributed by atoms with E-state index in [-0.39, 0.29) is 31.6 Å². The van der Waals surface area contributed by atoms with Gasteiger partial charge in [0.05, 0.1) is 12.5 Å². The summed E-state index contributed by atoms with van der Waals surface area (Å²) in [6, 6.07) is 6.29. The van der Waals surface area contributed by atoms with Crippen LogP contribution in [0.3, 0.4) is 0 Å². The average Bonchev–Trinajstić information content (AvgIpc) is 2.42. The van der Waals surface area contributed by atoms with Crippen LogP contribution < -0.4 is 5.32 Å². The predicted molar refractivity (Wildman–Crippen MR) is 76.4 cm³/mol. The van der Waals surface area contributed by atoms with E-state index < -0.39 is 18.0 Å². The number of aryl methyl sites for hydroxylation is 1. The van der Waals surface area contributed by atoms with Gasteiger partial charge in [-0.25, -0.2) is 0 Å². The van der Waals surface area contributed by atoms with Crippen molar-refractivity contribution in [3.63, 3.8) is 0 Å². The van der Waals surface area contributed by atoms with Crippen molar-refractivity contribution < 1.29 is 24.6 Å². The van der Waals surface area contributed by atoms with Crippen molar-refractivity contribution in [3.05, 3.63) is 35.4 Å². The minimum Gasteiger partial charge on any atom is -0.481 e. The van der Waals surface area contributed by atoms with Crippen LogP contribution in [0.5, 0.6) is 0 Å². The lowest BCUT2D eigenvalue weighted by molar-refractivity contribution is -0.138. The summed E-state index contributed by atoms with van der Waals surface area (Å²) in [5.41, 5.74) is 1.51. The lowest BCUT2D eigenvalue weighted by Crippen LogP contribution is -2.38. The van der Waals surface area contributed by atoms with E-state index in [4.69, 9.17) is 10.2 Å². The van der Waals surface area contributed by atoms with E-state index in [2.05, 4.69) is 5.32 Å². The number of nitrogens with one attached hydrogen (secondary N) is 1. The quantitative estimate of drug-likeness (QED) is 0.596. The number of hydrogen-bond donors (Lipinski definition) is 3. The molecule has 0 heterocycles. The second-order valence-corrected chi connectivity index (χ2v) is 4.81. The third-order valence-corrected chi connectivity index (χ3v) is 3.03. The molecule has 1 aromatic rings. The normalized spacial score (nSPS) is 11.9. The van der Waals surface area contributed by atoms with Crippen molar-refractivity contribution in [2.24, 2.45) is 0 Å². The van der Waals surface area contributed by atoms with E-state index in [1.807, 2.05) is 6.92 Å². The van der Waals surface area contributed by atoms with Gasteiger partial charge in [0.1, 0.15) is 0 Å². The summed E-state index contributed by atoms with van der Waals surface area (Å²) in [7, 11) is 0. The zero-order valence-corrected chi connectivity index (χ0v) is 11.8. The zero-order chi connectivity index (χ0) is 15.8. The molecule has 0 fully saturated rings. The number of carbonyl (C=O) groups excluding carboxylic acids is 1. The highest BCUT2D eigenvalue weighted by Gasteiger charge is 2.20. The fourth-order valence-corrected chi connectivity index (χ4v) is 1.87. The number of hydrogen-bond acceptors (Lipinski definition) is 4. The Morgan fingerprint density at radius 3 is 2.14 bits per heavy atom. The molecule has 0 amide bonds. The molecule has 3 N–H and O–H groups in total. The first kappa shape index (κ1) is 16.8. The summed E-state index contributed by atoms with van der Waals surface area (Å²) in [6.07, 6.45) is -0.144. The first-order valence-corrected chi connectivity index (χ1v) is 6.68. The molecule has 1 unspecified atom stereocenters. The molecule has 6 heteroatoms. The number of carbonyl (C=O) groups is 3. The molecule has 0 aromatic heterocycles. The van der Waals surface area contributed by atoms with Crippen LogP contribution >= 0.6 is 0 Å². The molecule has 0 radical (unpaired) electrons. The summed E-state index contributed by atoms with van der Waals surface area (Å²) < 4.78 is 0. The molecule has 1 atom stereocenters. The van der Waals surface area contributed by atoms with Crippen molar-refractivity contribution in [2.45, 2.75) is 32.2 Å². The topological polar surface area (TPSA) is 104 Å². The van der Waals surface area contributed by atoms with Gasteiger partial charge in [-0.3, -0.25) is 14.4 Å². The number of ketones is 1. The Morgan fingerprint density at radius 2 is 1.62 bits per heavy atom. The van der Waals surface area contributed by atoms with E-state index in [0.29, 0.717) is 5.56 Å². The van der Waals surface area contributed by atoms with E-state index >= 15 is 0 Å². The van der Waals surface area contributed by atoms with Crippen LogP contribution in [0.1, 0.15) is 35.2 Å². The van der Waals surface area contributed by atoms with E-state index in [1.54, 1.807) is 24.3 Å². The molecule has 114 valence electrons. The van der Waals surface area contributed by atoms with Crippen LogP contribution in [-0.4, -0.2) is 40.5 Å². The van der Waals surface area contributed by atoms with E-state index in [0.717, 1.165) is 5.56 Å². The summed E-state index contributed by atoms with van der Waals surface area (Å²) >= 11 is 0. The van der Waals surface area contributed by atoms with Crippen LogP contribution in [-0.2, 0) is 9.59 Å². The van der Waals surface area contributed by atoms with Crippen LogP contribution in [0.4, 0.5) is 0 Å². The number of aliphatic carboxylic acids is 2. The summed E-state index contributed by atoms with van der Waals surface area (Å²) in [5.74, 6) is -2.18. The third kappa shape index (κ3) is 6.18. The number of carboxylic acids is 2. The maximum Gasteiger partial charge on any atom is 0.304 e. The highest BCUT2D eigenvalue weighted by Crippen LogP contribution is 2.10. The Kier molecular flexibility index (Phi) is 6.55. The van der Waals surface area contributed by atoms with Crippen LogP contribution in [0.2, 0.25) is 0 Å². The minimum atomic E-state index is -0.989. The van der Waals surface area contributed by atoms with Gasteiger partial charge in [0.25, 0.3) is 0 Å². The smallest absolute Gasteiger partial charge is 0.304 e. The molecule has 0 aliphatic heterocycles.